The minimum Gasteiger partial charge on any atom is -0.496 e. The SMILES string of the molecule is CCNC(=O)c1cc(S(=O)(=O)Nc2nnc(SC)s2)ccc1OC. The number of hydrogen-bond donors (Lipinski definition) is 2. The molecule has 11 heteroatoms. The molecule has 8 nitrogen and oxygen atoms in total. The highest BCUT2D eigenvalue weighted by Gasteiger charge is 2.21. The van der Waals surface area contributed by atoms with Crippen LogP contribution in [0.4, 0.5) is 5.13 Å². The summed E-state index contributed by atoms with van der Waals surface area (Å²) in [7, 11) is -2.48. The molecule has 1 amide bonds. The third-order valence-corrected chi connectivity index (χ3v) is 6.15. The first-order valence-electron chi connectivity index (χ1n) is 6.77. The van der Waals surface area contributed by atoms with E-state index in [2.05, 4.69) is 20.2 Å². The summed E-state index contributed by atoms with van der Waals surface area (Å²) in [6.45, 7) is 2.19. The number of carbonyl (C=O) groups excluding carboxylic acids is 1. The number of carbonyl (C=O) groups is 1. The maximum atomic E-state index is 12.5. The fourth-order valence-electron chi connectivity index (χ4n) is 1.79. The molecule has 0 radical (unpaired) electrons. The number of ether oxygens (including phenoxy) is 1. The third-order valence-electron chi connectivity index (χ3n) is 2.87. The van der Waals surface area contributed by atoms with E-state index >= 15 is 0 Å². The zero-order valence-corrected chi connectivity index (χ0v) is 15.6. The Morgan fingerprint density at radius 1 is 1.38 bits per heavy atom. The Hall–Kier alpha value is -1.85. The van der Waals surface area contributed by atoms with Gasteiger partial charge in [-0.25, -0.2) is 8.42 Å². The highest BCUT2D eigenvalue weighted by atomic mass is 32.2. The van der Waals surface area contributed by atoms with Crippen LogP contribution in [0.3, 0.4) is 0 Å². The minimum absolute atomic E-state index is 0.0644. The fraction of sp³-hybridized carbons (Fsp3) is 0.308. The molecule has 1 heterocycles. The van der Waals surface area contributed by atoms with Crippen molar-refractivity contribution < 1.29 is 17.9 Å². The van der Waals surface area contributed by atoms with E-state index in [-0.39, 0.29) is 15.6 Å². The van der Waals surface area contributed by atoms with Crippen molar-refractivity contribution in [2.24, 2.45) is 0 Å². The van der Waals surface area contributed by atoms with Gasteiger partial charge in [0.25, 0.3) is 15.9 Å². The standard InChI is InChI=1S/C13H16N4O4S3/c1-4-14-11(18)9-7-8(5-6-10(9)21-2)24(19,20)17-12-15-16-13(22-3)23-12/h5-7H,4H2,1-3H3,(H,14,18)(H,15,17). The number of nitrogens with one attached hydrogen (secondary N) is 2. The monoisotopic (exact) mass is 388 g/mol. The second kappa shape index (κ2) is 7.81. The van der Waals surface area contributed by atoms with Crippen molar-refractivity contribution in [3.63, 3.8) is 0 Å². The number of thioether (sulfide) groups is 1. The van der Waals surface area contributed by atoms with Gasteiger partial charge >= 0.3 is 0 Å². The van der Waals surface area contributed by atoms with E-state index in [4.69, 9.17) is 4.74 Å². The Balaban J connectivity index is 2.35. The molecule has 130 valence electrons. The van der Waals surface area contributed by atoms with Crippen molar-refractivity contribution >= 4 is 44.2 Å². The van der Waals surface area contributed by atoms with Crippen LogP contribution in [0.1, 0.15) is 17.3 Å². The van der Waals surface area contributed by atoms with Crippen molar-refractivity contribution in [2.45, 2.75) is 16.2 Å². The average molecular weight is 388 g/mol. The van der Waals surface area contributed by atoms with Gasteiger partial charge < -0.3 is 10.1 Å². The van der Waals surface area contributed by atoms with Crippen molar-refractivity contribution in [3.8, 4) is 5.75 Å². The summed E-state index contributed by atoms with van der Waals surface area (Å²) >= 11 is 2.50. The average Bonchev–Trinajstić information content (AvgIpc) is 3.01. The Kier molecular flexibility index (Phi) is 6.02. The predicted octanol–water partition coefficient (Wildman–Crippen LogP) is 1.82. The van der Waals surface area contributed by atoms with Crippen molar-refractivity contribution in [3.05, 3.63) is 23.8 Å². The van der Waals surface area contributed by atoms with Gasteiger partial charge in [-0.2, -0.15) is 0 Å². The Morgan fingerprint density at radius 3 is 2.71 bits per heavy atom. The first-order chi connectivity index (χ1) is 11.4. The van der Waals surface area contributed by atoms with E-state index in [0.717, 1.165) is 11.3 Å². The third kappa shape index (κ3) is 4.16. The van der Waals surface area contributed by atoms with Crippen LogP contribution in [-0.2, 0) is 10.0 Å². The summed E-state index contributed by atoms with van der Waals surface area (Å²) in [5.74, 6) is -0.118. The molecule has 24 heavy (non-hydrogen) atoms. The lowest BCUT2D eigenvalue weighted by Crippen LogP contribution is -2.24. The highest BCUT2D eigenvalue weighted by Crippen LogP contribution is 2.27. The minimum atomic E-state index is -3.89. The molecule has 0 unspecified atom stereocenters. The zero-order valence-electron chi connectivity index (χ0n) is 13.2. The van der Waals surface area contributed by atoms with Crippen LogP contribution in [0, 0.1) is 0 Å². The molecule has 2 rings (SSSR count). The molecule has 0 spiro atoms. The molecular weight excluding hydrogens is 372 g/mol. The first-order valence-corrected chi connectivity index (χ1v) is 10.3. The van der Waals surface area contributed by atoms with Gasteiger partial charge in [-0.3, -0.25) is 9.52 Å². The molecule has 1 aromatic heterocycles. The van der Waals surface area contributed by atoms with Gasteiger partial charge in [0.05, 0.1) is 17.6 Å². The van der Waals surface area contributed by atoms with E-state index in [1.807, 2.05) is 6.26 Å². The largest absolute Gasteiger partial charge is 0.496 e. The van der Waals surface area contributed by atoms with E-state index in [1.165, 1.54) is 37.1 Å². The fourth-order valence-corrected chi connectivity index (χ4v) is 4.22. The molecule has 0 saturated heterocycles. The van der Waals surface area contributed by atoms with Crippen molar-refractivity contribution in [1.82, 2.24) is 15.5 Å². The normalized spacial score (nSPS) is 11.1. The summed E-state index contributed by atoms with van der Waals surface area (Å²) in [6, 6.07) is 4.07. The quantitative estimate of drug-likeness (QED) is 0.696. The number of aromatic nitrogens is 2. The first kappa shape index (κ1) is 18.5. The highest BCUT2D eigenvalue weighted by molar-refractivity contribution is 8.00. The summed E-state index contributed by atoms with van der Waals surface area (Å²) < 4.78 is 33.1. The molecule has 1 aromatic carbocycles. The van der Waals surface area contributed by atoms with Crippen molar-refractivity contribution in [2.75, 3.05) is 24.6 Å². The van der Waals surface area contributed by atoms with E-state index in [0.29, 0.717) is 16.6 Å². The molecule has 2 N–H and O–H groups in total. The number of rotatable bonds is 7. The lowest BCUT2D eigenvalue weighted by Gasteiger charge is -2.11. The number of amides is 1. The smallest absolute Gasteiger partial charge is 0.263 e. The van der Waals surface area contributed by atoms with Crippen LogP contribution in [0.2, 0.25) is 0 Å². The predicted molar refractivity (Wildman–Crippen MR) is 93.5 cm³/mol. The Labute approximate surface area is 148 Å². The van der Waals surface area contributed by atoms with Crippen LogP contribution in [0.5, 0.6) is 5.75 Å². The number of hydrogen-bond acceptors (Lipinski definition) is 8. The number of anilines is 1. The van der Waals surface area contributed by atoms with Crippen LogP contribution in [0.15, 0.2) is 27.4 Å². The van der Waals surface area contributed by atoms with Gasteiger partial charge in [0.2, 0.25) is 5.13 Å². The van der Waals surface area contributed by atoms with Gasteiger partial charge in [-0.1, -0.05) is 23.1 Å². The summed E-state index contributed by atoms with van der Waals surface area (Å²) in [5, 5.41) is 10.4. The van der Waals surface area contributed by atoms with E-state index in [9.17, 15) is 13.2 Å². The second-order valence-corrected chi connectivity index (χ2v) is 8.12. The molecule has 0 aliphatic rings. The van der Waals surface area contributed by atoms with Crippen LogP contribution in [0.25, 0.3) is 0 Å². The number of benzene rings is 1. The molecule has 0 aliphatic carbocycles. The molecule has 2 aromatic rings. The number of sulfonamides is 1. The zero-order chi connectivity index (χ0) is 17.7. The van der Waals surface area contributed by atoms with E-state index in [1.54, 1.807) is 6.92 Å². The van der Waals surface area contributed by atoms with Gasteiger partial charge in [0, 0.05) is 6.54 Å². The van der Waals surface area contributed by atoms with Crippen LogP contribution < -0.4 is 14.8 Å². The van der Waals surface area contributed by atoms with Crippen LogP contribution >= 0.6 is 23.1 Å². The van der Waals surface area contributed by atoms with Gasteiger partial charge in [0.1, 0.15) is 5.75 Å². The molecule has 0 saturated carbocycles. The summed E-state index contributed by atoms with van der Waals surface area (Å²) in [4.78, 5) is 12.0. The Bertz CT molecular complexity index is 835. The maximum absolute atomic E-state index is 12.5. The molecule has 0 bridgehead atoms. The summed E-state index contributed by atoms with van der Waals surface area (Å²) in [6.07, 6.45) is 1.82. The van der Waals surface area contributed by atoms with E-state index < -0.39 is 15.9 Å². The maximum Gasteiger partial charge on any atom is 0.263 e. The van der Waals surface area contributed by atoms with Crippen LogP contribution in [-0.4, -0.2) is 44.4 Å². The lowest BCUT2D eigenvalue weighted by atomic mass is 10.2. The summed E-state index contributed by atoms with van der Waals surface area (Å²) in [5.41, 5.74) is 0.143. The molecular formula is C13H16N4O4S3. The second-order valence-electron chi connectivity index (χ2n) is 4.40. The number of methoxy groups -OCH3 is 1. The van der Waals surface area contributed by atoms with Crippen molar-refractivity contribution in [1.29, 1.82) is 0 Å². The molecule has 0 aliphatic heterocycles. The lowest BCUT2D eigenvalue weighted by molar-refractivity contribution is 0.0952. The molecule has 0 atom stereocenters. The Morgan fingerprint density at radius 2 is 2.12 bits per heavy atom. The van der Waals surface area contributed by atoms with Gasteiger partial charge in [-0.05, 0) is 31.4 Å². The van der Waals surface area contributed by atoms with Gasteiger partial charge in [-0.15, -0.1) is 10.2 Å². The molecule has 0 fully saturated rings. The van der Waals surface area contributed by atoms with Gasteiger partial charge in [0.15, 0.2) is 4.34 Å². The topological polar surface area (TPSA) is 110 Å². The number of nitrogens with zero attached hydrogens (tertiary/aromatic N) is 2.